The Bertz CT molecular complexity index is 274. The fourth-order valence-electron chi connectivity index (χ4n) is 3.94. The molecule has 0 bridgehead atoms. The van der Waals surface area contributed by atoms with E-state index in [1.807, 2.05) is 0 Å². The number of ether oxygens (including phenoxy) is 1. The van der Waals surface area contributed by atoms with Gasteiger partial charge in [-0.05, 0) is 33.1 Å². The smallest absolute Gasteiger partial charge is 0.0597 e. The van der Waals surface area contributed by atoms with Crippen molar-refractivity contribution in [3.05, 3.63) is 0 Å². The summed E-state index contributed by atoms with van der Waals surface area (Å²) in [6.45, 7) is 11.0. The van der Waals surface area contributed by atoms with Crippen LogP contribution in [-0.4, -0.2) is 48.8 Å². The molecule has 1 saturated carbocycles. The maximum Gasteiger partial charge on any atom is 0.0597 e. The van der Waals surface area contributed by atoms with Gasteiger partial charge in [-0.25, -0.2) is 0 Å². The molecule has 0 aromatic heterocycles. The van der Waals surface area contributed by atoms with Crippen molar-refractivity contribution < 1.29 is 4.74 Å². The maximum atomic E-state index is 5.81. The highest BCUT2D eigenvalue weighted by Gasteiger charge is 2.41. The highest BCUT2D eigenvalue weighted by molar-refractivity contribution is 5.00. The lowest BCUT2D eigenvalue weighted by Gasteiger charge is -2.52. The molecule has 1 saturated heterocycles. The lowest BCUT2D eigenvalue weighted by Crippen LogP contribution is -2.65. The van der Waals surface area contributed by atoms with Gasteiger partial charge in [-0.1, -0.05) is 32.6 Å². The van der Waals surface area contributed by atoms with E-state index in [1.54, 1.807) is 0 Å². The molecular formula is C17H34N2O. The van der Waals surface area contributed by atoms with Crippen LogP contribution in [0.15, 0.2) is 0 Å². The van der Waals surface area contributed by atoms with E-state index < -0.39 is 0 Å². The van der Waals surface area contributed by atoms with Crippen LogP contribution in [0.4, 0.5) is 0 Å². The third-order valence-electron chi connectivity index (χ3n) is 5.07. The molecule has 1 unspecified atom stereocenters. The summed E-state index contributed by atoms with van der Waals surface area (Å²) in [6, 6.07) is 0.687. The van der Waals surface area contributed by atoms with Gasteiger partial charge >= 0.3 is 0 Å². The molecule has 1 aliphatic heterocycles. The molecule has 1 spiro atoms. The zero-order valence-corrected chi connectivity index (χ0v) is 13.8. The lowest BCUT2D eigenvalue weighted by atomic mass is 9.78. The van der Waals surface area contributed by atoms with Crippen molar-refractivity contribution >= 4 is 0 Å². The molecule has 2 fully saturated rings. The fraction of sp³-hybridized carbons (Fsp3) is 1.00. The van der Waals surface area contributed by atoms with Crippen LogP contribution in [0.3, 0.4) is 0 Å². The summed E-state index contributed by atoms with van der Waals surface area (Å²) >= 11 is 0. The Morgan fingerprint density at radius 1 is 1.25 bits per heavy atom. The Balaban J connectivity index is 1.94. The molecular weight excluding hydrogens is 248 g/mol. The number of piperazine rings is 1. The molecule has 3 nitrogen and oxygen atoms in total. The second-order valence-electron chi connectivity index (χ2n) is 7.02. The van der Waals surface area contributed by atoms with Gasteiger partial charge in [0.25, 0.3) is 0 Å². The van der Waals surface area contributed by atoms with Gasteiger partial charge in [-0.15, -0.1) is 0 Å². The highest BCUT2D eigenvalue weighted by atomic mass is 16.5. The molecule has 0 amide bonds. The molecule has 1 heterocycles. The summed E-state index contributed by atoms with van der Waals surface area (Å²) in [7, 11) is 0. The van der Waals surface area contributed by atoms with E-state index in [2.05, 4.69) is 31.0 Å². The van der Waals surface area contributed by atoms with Crippen LogP contribution in [-0.2, 0) is 4.74 Å². The van der Waals surface area contributed by atoms with Crippen molar-refractivity contribution in [1.82, 2.24) is 10.2 Å². The van der Waals surface area contributed by atoms with Crippen molar-refractivity contribution in [2.24, 2.45) is 0 Å². The zero-order chi connectivity index (χ0) is 14.4. The molecule has 0 aromatic rings. The molecule has 1 N–H and O–H groups in total. The van der Waals surface area contributed by atoms with E-state index in [0.29, 0.717) is 17.7 Å². The Morgan fingerprint density at radius 3 is 2.65 bits per heavy atom. The largest absolute Gasteiger partial charge is 0.377 e. The van der Waals surface area contributed by atoms with E-state index in [9.17, 15) is 0 Å². The van der Waals surface area contributed by atoms with Gasteiger partial charge in [-0.3, -0.25) is 4.90 Å². The predicted octanol–water partition coefficient (Wildman–Crippen LogP) is 3.19. The highest BCUT2D eigenvalue weighted by Crippen LogP contribution is 2.35. The number of hydrogen-bond acceptors (Lipinski definition) is 3. The van der Waals surface area contributed by atoms with Crippen LogP contribution in [0, 0.1) is 0 Å². The van der Waals surface area contributed by atoms with Crippen LogP contribution in [0.25, 0.3) is 0 Å². The molecule has 3 heteroatoms. The zero-order valence-electron chi connectivity index (χ0n) is 13.8. The average Bonchev–Trinajstić information content (AvgIpc) is 2.43. The van der Waals surface area contributed by atoms with Crippen molar-refractivity contribution in [2.45, 2.75) is 83.4 Å². The summed E-state index contributed by atoms with van der Waals surface area (Å²) in [4.78, 5) is 2.77. The molecule has 20 heavy (non-hydrogen) atoms. The van der Waals surface area contributed by atoms with Gasteiger partial charge in [0.1, 0.15) is 0 Å². The van der Waals surface area contributed by atoms with E-state index in [0.717, 1.165) is 13.2 Å². The maximum absolute atomic E-state index is 5.81. The number of nitrogens with one attached hydrogen (secondary N) is 1. The fourth-order valence-corrected chi connectivity index (χ4v) is 3.94. The van der Waals surface area contributed by atoms with Gasteiger partial charge in [0.05, 0.1) is 12.7 Å². The Kier molecular flexibility index (Phi) is 6.31. The van der Waals surface area contributed by atoms with Crippen LogP contribution in [0.1, 0.15) is 65.7 Å². The van der Waals surface area contributed by atoms with Crippen molar-refractivity contribution in [3.63, 3.8) is 0 Å². The first-order valence-corrected chi connectivity index (χ1v) is 8.76. The summed E-state index contributed by atoms with van der Waals surface area (Å²) in [5.41, 5.74) is 0.433. The standard InChI is InChI=1S/C17H34N2O/c1-4-8-16-13-19(11-12-20-15(2)3)17(14-18-16)9-6-5-7-10-17/h15-16,18H,4-14H2,1-3H3. The normalized spacial score (nSPS) is 27.3. The van der Waals surface area contributed by atoms with Gasteiger partial charge in [-0.2, -0.15) is 0 Å². The summed E-state index contributed by atoms with van der Waals surface area (Å²) in [6.07, 6.45) is 9.92. The first-order valence-electron chi connectivity index (χ1n) is 8.76. The minimum Gasteiger partial charge on any atom is -0.377 e. The molecule has 0 radical (unpaired) electrons. The second-order valence-corrected chi connectivity index (χ2v) is 7.02. The molecule has 2 rings (SSSR count). The predicted molar refractivity (Wildman–Crippen MR) is 85.2 cm³/mol. The first-order chi connectivity index (χ1) is 9.66. The van der Waals surface area contributed by atoms with Crippen LogP contribution >= 0.6 is 0 Å². The third-order valence-corrected chi connectivity index (χ3v) is 5.07. The van der Waals surface area contributed by atoms with Crippen LogP contribution in [0.5, 0.6) is 0 Å². The average molecular weight is 282 g/mol. The van der Waals surface area contributed by atoms with Gasteiger partial charge in [0, 0.05) is 31.2 Å². The topological polar surface area (TPSA) is 24.5 Å². The molecule has 1 aliphatic carbocycles. The van der Waals surface area contributed by atoms with Gasteiger partial charge in [0.15, 0.2) is 0 Å². The van der Waals surface area contributed by atoms with E-state index in [4.69, 9.17) is 4.74 Å². The van der Waals surface area contributed by atoms with Gasteiger partial charge in [0.2, 0.25) is 0 Å². The van der Waals surface area contributed by atoms with Crippen LogP contribution < -0.4 is 5.32 Å². The number of nitrogens with zero attached hydrogens (tertiary/aromatic N) is 1. The lowest BCUT2D eigenvalue weighted by molar-refractivity contribution is -0.0217. The van der Waals surface area contributed by atoms with Crippen molar-refractivity contribution in [3.8, 4) is 0 Å². The first kappa shape index (κ1) is 16.3. The number of rotatable bonds is 6. The van der Waals surface area contributed by atoms with E-state index in [1.165, 1.54) is 58.0 Å². The van der Waals surface area contributed by atoms with E-state index >= 15 is 0 Å². The van der Waals surface area contributed by atoms with Crippen molar-refractivity contribution in [2.75, 3.05) is 26.2 Å². The van der Waals surface area contributed by atoms with Crippen LogP contribution in [0.2, 0.25) is 0 Å². The Hall–Kier alpha value is -0.120. The van der Waals surface area contributed by atoms with Crippen molar-refractivity contribution in [1.29, 1.82) is 0 Å². The molecule has 118 valence electrons. The van der Waals surface area contributed by atoms with Gasteiger partial charge < -0.3 is 10.1 Å². The monoisotopic (exact) mass is 282 g/mol. The minimum atomic E-state index is 0.353. The second kappa shape index (κ2) is 7.77. The Morgan fingerprint density at radius 2 is 2.00 bits per heavy atom. The summed E-state index contributed by atoms with van der Waals surface area (Å²) in [5, 5.41) is 3.83. The SMILES string of the molecule is CCCC1CN(CCOC(C)C)C2(CCCCC2)CN1. The Labute approximate surface area is 125 Å². The molecule has 0 aromatic carbocycles. The minimum absolute atomic E-state index is 0.353. The summed E-state index contributed by atoms with van der Waals surface area (Å²) < 4.78 is 5.81. The molecule has 1 atom stereocenters. The number of hydrogen-bond donors (Lipinski definition) is 1. The van der Waals surface area contributed by atoms with E-state index in [-0.39, 0.29) is 0 Å². The molecule has 2 aliphatic rings. The quantitative estimate of drug-likeness (QED) is 0.810. The summed E-state index contributed by atoms with van der Waals surface area (Å²) in [5.74, 6) is 0. The third kappa shape index (κ3) is 4.19.